The molecule has 0 aliphatic carbocycles. The van der Waals surface area contributed by atoms with Gasteiger partial charge in [0.2, 0.25) is 6.41 Å². The topological polar surface area (TPSA) is 44.4 Å². The van der Waals surface area contributed by atoms with Gasteiger partial charge in [0.25, 0.3) is 0 Å². The molecule has 1 aliphatic rings. The lowest BCUT2D eigenvalue weighted by Gasteiger charge is -2.14. The Bertz CT molecular complexity index is 166. The monoisotopic (exact) mass is 141 g/mol. The van der Waals surface area contributed by atoms with Crippen LogP contribution in [0.25, 0.3) is 0 Å². The van der Waals surface area contributed by atoms with Crippen LogP contribution in [0, 0.1) is 0 Å². The summed E-state index contributed by atoms with van der Waals surface area (Å²) in [5, 5.41) is 5.58. The molecule has 4 nitrogen and oxygen atoms in total. The van der Waals surface area contributed by atoms with Crippen LogP contribution in [0.1, 0.15) is 6.92 Å². The highest BCUT2D eigenvalue weighted by atomic mass is 16.1. The van der Waals surface area contributed by atoms with Crippen LogP contribution < -0.4 is 10.6 Å². The van der Waals surface area contributed by atoms with Gasteiger partial charge in [-0.3, -0.25) is 4.79 Å². The van der Waals surface area contributed by atoms with E-state index < -0.39 is 0 Å². The van der Waals surface area contributed by atoms with Crippen LogP contribution in [0.4, 0.5) is 0 Å². The summed E-state index contributed by atoms with van der Waals surface area (Å²) >= 11 is 0. The predicted molar refractivity (Wildman–Crippen MR) is 37.6 cm³/mol. The summed E-state index contributed by atoms with van der Waals surface area (Å²) in [6, 6.07) is 0. The molecule has 0 saturated heterocycles. The molecule has 0 aromatic carbocycles. The van der Waals surface area contributed by atoms with Crippen LogP contribution in [-0.4, -0.2) is 24.5 Å². The van der Waals surface area contributed by atoms with Gasteiger partial charge >= 0.3 is 0 Å². The molecule has 1 unspecified atom stereocenters. The van der Waals surface area contributed by atoms with Gasteiger partial charge in [0.05, 0.1) is 6.17 Å². The predicted octanol–water partition coefficient (Wildman–Crippen LogP) is -0.588. The molecule has 0 radical (unpaired) electrons. The van der Waals surface area contributed by atoms with Crippen LogP contribution in [0.2, 0.25) is 0 Å². The molecule has 0 aromatic rings. The molecule has 4 heteroatoms. The Hall–Kier alpha value is -1.19. The highest BCUT2D eigenvalue weighted by Gasteiger charge is 2.14. The zero-order valence-corrected chi connectivity index (χ0v) is 6.09. The van der Waals surface area contributed by atoms with Crippen LogP contribution in [-0.2, 0) is 4.79 Å². The normalized spacial score (nSPS) is 23.6. The molecule has 10 heavy (non-hydrogen) atoms. The van der Waals surface area contributed by atoms with Crippen molar-refractivity contribution in [3.63, 3.8) is 0 Å². The molecule has 1 amide bonds. The van der Waals surface area contributed by atoms with E-state index in [9.17, 15) is 4.79 Å². The van der Waals surface area contributed by atoms with Gasteiger partial charge in [-0.05, 0) is 6.92 Å². The summed E-state index contributed by atoms with van der Waals surface area (Å²) in [7, 11) is 1.94. The van der Waals surface area contributed by atoms with Crippen LogP contribution >= 0.6 is 0 Å². The van der Waals surface area contributed by atoms with Gasteiger partial charge in [-0.1, -0.05) is 0 Å². The second-order valence-electron chi connectivity index (χ2n) is 2.29. The number of hydrogen-bond acceptors (Lipinski definition) is 3. The van der Waals surface area contributed by atoms with Crippen molar-refractivity contribution in [2.45, 2.75) is 13.1 Å². The van der Waals surface area contributed by atoms with E-state index in [1.54, 1.807) is 0 Å². The largest absolute Gasteiger partial charge is 0.358 e. The number of hydrogen-bond donors (Lipinski definition) is 2. The molecular weight excluding hydrogens is 130 g/mol. The molecular formula is C6H11N3O. The van der Waals surface area contributed by atoms with Crippen LogP contribution in [0.3, 0.4) is 0 Å². The molecule has 0 saturated carbocycles. The molecule has 1 rings (SSSR count). The lowest BCUT2D eigenvalue weighted by Crippen LogP contribution is -2.32. The minimum Gasteiger partial charge on any atom is -0.358 e. The van der Waals surface area contributed by atoms with E-state index in [0.717, 1.165) is 5.82 Å². The maximum Gasteiger partial charge on any atom is 0.212 e. The van der Waals surface area contributed by atoms with Crippen molar-refractivity contribution in [2.75, 3.05) is 7.05 Å². The summed E-state index contributed by atoms with van der Waals surface area (Å²) in [6.45, 7) is 2.01. The average molecular weight is 141 g/mol. The fraction of sp³-hybridized carbons (Fsp3) is 0.500. The Labute approximate surface area is 59.9 Å². The maximum absolute atomic E-state index is 9.96. The van der Waals surface area contributed by atoms with Gasteiger partial charge in [-0.2, -0.15) is 0 Å². The molecule has 1 heterocycles. The summed E-state index contributed by atoms with van der Waals surface area (Å²) in [5.74, 6) is 0.755. The SMILES string of the molecule is CC1NC(NC=O)=CN1C. The first kappa shape index (κ1) is 6.92. The Morgan fingerprint density at radius 2 is 2.60 bits per heavy atom. The molecule has 1 aliphatic heterocycles. The number of amides is 1. The highest BCUT2D eigenvalue weighted by Crippen LogP contribution is 2.03. The van der Waals surface area contributed by atoms with E-state index in [2.05, 4.69) is 10.6 Å². The molecule has 56 valence electrons. The standard InChI is InChI=1S/C6H11N3O/c1-5-8-6(7-4-10)3-9(5)2/h3-5,8H,1-2H3,(H,7,10). The first-order chi connectivity index (χ1) is 4.74. The van der Waals surface area contributed by atoms with Crippen LogP contribution in [0.5, 0.6) is 0 Å². The maximum atomic E-state index is 9.96. The summed E-state index contributed by atoms with van der Waals surface area (Å²) in [4.78, 5) is 11.9. The number of carbonyl (C=O) groups is 1. The third-order valence-corrected chi connectivity index (χ3v) is 1.52. The third-order valence-electron chi connectivity index (χ3n) is 1.52. The minimum absolute atomic E-state index is 0.266. The first-order valence-electron chi connectivity index (χ1n) is 3.14. The first-order valence-corrected chi connectivity index (χ1v) is 3.14. The van der Waals surface area contributed by atoms with E-state index in [4.69, 9.17) is 0 Å². The van der Waals surface area contributed by atoms with Crippen molar-refractivity contribution in [2.24, 2.45) is 0 Å². The molecule has 0 spiro atoms. The van der Waals surface area contributed by atoms with Crippen molar-refractivity contribution < 1.29 is 4.79 Å². The van der Waals surface area contributed by atoms with Gasteiger partial charge in [-0.25, -0.2) is 0 Å². The fourth-order valence-electron chi connectivity index (χ4n) is 0.822. The van der Waals surface area contributed by atoms with E-state index in [1.807, 2.05) is 25.1 Å². The number of nitrogens with one attached hydrogen (secondary N) is 2. The van der Waals surface area contributed by atoms with Gasteiger partial charge in [0.1, 0.15) is 5.82 Å². The van der Waals surface area contributed by atoms with Crippen molar-refractivity contribution >= 4 is 6.41 Å². The highest BCUT2D eigenvalue weighted by molar-refractivity contribution is 5.49. The minimum atomic E-state index is 0.266. The molecule has 0 bridgehead atoms. The zero-order chi connectivity index (χ0) is 7.56. The molecule has 0 aromatic heterocycles. The van der Waals surface area contributed by atoms with Gasteiger partial charge in [-0.15, -0.1) is 0 Å². The summed E-state index contributed by atoms with van der Waals surface area (Å²) in [6.07, 6.45) is 2.77. The van der Waals surface area contributed by atoms with Gasteiger partial charge in [0.15, 0.2) is 0 Å². The molecule has 0 fully saturated rings. The Balaban J connectivity index is 2.49. The smallest absolute Gasteiger partial charge is 0.212 e. The second-order valence-corrected chi connectivity index (χ2v) is 2.29. The zero-order valence-electron chi connectivity index (χ0n) is 6.09. The third kappa shape index (κ3) is 1.21. The van der Waals surface area contributed by atoms with E-state index in [1.165, 1.54) is 0 Å². The Kier molecular flexibility index (Phi) is 1.80. The van der Waals surface area contributed by atoms with Crippen molar-refractivity contribution in [1.29, 1.82) is 0 Å². The van der Waals surface area contributed by atoms with Crippen molar-refractivity contribution in [1.82, 2.24) is 15.5 Å². The van der Waals surface area contributed by atoms with E-state index in [0.29, 0.717) is 6.41 Å². The number of carbonyl (C=O) groups excluding carboxylic acids is 1. The molecule has 1 atom stereocenters. The summed E-state index contributed by atoms with van der Waals surface area (Å²) < 4.78 is 0. The second kappa shape index (κ2) is 2.60. The van der Waals surface area contributed by atoms with E-state index in [-0.39, 0.29) is 6.17 Å². The number of rotatable bonds is 2. The number of nitrogens with zero attached hydrogens (tertiary/aromatic N) is 1. The van der Waals surface area contributed by atoms with Crippen molar-refractivity contribution in [3.8, 4) is 0 Å². The molecule has 2 N–H and O–H groups in total. The fourth-order valence-corrected chi connectivity index (χ4v) is 0.822. The quantitative estimate of drug-likeness (QED) is 0.505. The average Bonchev–Trinajstić information content (AvgIpc) is 2.14. The van der Waals surface area contributed by atoms with Gasteiger partial charge in [0, 0.05) is 13.2 Å². The van der Waals surface area contributed by atoms with E-state index >= 15 is 0 Å². The Morgan fingerprint density at radius 3 is 3.00 bits per heavy atom. The van der Waals surface area contributed by atoms with Crippen LogP contribution in [0.15, 0.2) is 12.0 Å². The van der Waals surface area contributed by atoms with Gasteiger partial charge < -0.3 is 15.5 Å². The summed E-state index contributed by atoms with van der Waals surface area (Å²) in [5.41, 5.74) is 0. The Morgan fingerprint density at radius 1 is 1.90 bits per heavy atom. The van der Waals surface area contributed by atoms with Crippen molar-refractivity contribution in [3.05, 3.63) is 12.0 Å². The lowest BCUT2D eigenvalue weighted by molar-refractivity contribution is -0.109. The lowest BCUT2D eigenvalue weighted by atomic mass is 10.6.